The Hall–Kier alpha value is -3.23. The number of anilines is 3. The van der Waals surface area contributed by atoms with Crippen LogP contribution in [0.2, 0.25) is 0 Å². The number of carbonyl (C=O) groups is 2. The highest BCUT2D eigenvalue weighted by molar-refractivity contribution is 6.05. The Morgan fingerprint density at radius 3 is 2.50 bits per heavy atom. The van der Waals surface area contributed by atoms with Gasteiger partial charge in [0, 0.05) is 38.3 Å². The monoisotopic (exact) mass is 409 g/mol. The van der Waals surface area contributed by atoms with Crippen LogP contribution in [0.3, 0.4) is 0 Å². The Labute approximate surface area is 175 Å². The van der Waals surface area contributed by atoms with Crippen molar-refractivity contribution in [1.82, 2.24) is 19.9 Å². The van der Waals surface area contributed by atoms with Crippen molar-refractivity contribution < 1.29 is 9.59 Å². The first-order valence-electron chi connectivity index (χ1n) is 10.5. The van der Waals surface area contributed by atoms with Crippen LogP contribution in [0.1, 0.15) is 42.6 Å². The molecule has 9 nitrogen and oxygen atoms in total. The molecule has 30 heavy (non-hydrogen) atoms. The van der Waals surface area contributed by atoms with E-state index < -0.39 is 5.91 Å². The smallest absolute Gasteiger partial charge is 0.279 e. The fourth-order valence-electron chi connectivity index (χ4n) is 4.08. The Bertz CT molecular complexity index is 891. The molecule has 2 amide bonds. The third kappa shape index (κ3) is 4.50. The van der Waals surface area contributed by atoms with Crippen LogP contribution in [-0.2, 0) is 4.79 Å². The molecule has 3 heterocycles. The fraction of sp³-hybridized carbons (Fsp3) is 0.476. The lowest BCUT2D eigenvalue weighted by Gasteiger charge is -2.37. The molecular formula is C21H27N7O2. The summed E-state index contributed by atoms with van der Waals surface area (Å²) in [7, 11) is 0. The molecule has 4 rings (SSSR count). The van der Waals surface area contributed by atoms with Crippen molar-refractivity contribution in [2.24, 2.45) is 5.92 Å². The number of nitrogen functional groups attached to an aromatic ring is 1. The number of rotatable bonds is 4. The highest BCUT2D eigenvalue weighted by atomic mass is 16.2. The predicted octanol–water partition coefficient (Wildman–Crippen LogP) is 1.93. The van der Waals surface area contributed by atoms with Crippen LogP contribution >= 0.6 is 0 Å². The van der Waals surface area contributed by atoms with Gasteiger partial charge >= 0.3 is 0 Å². The normalized spacial score (nSPS) is 17.6. The summed E-state index contributed by atoms with van der Waals surface area (Å²) in [6.07, 6.45) is 8.74. The third-order valence-electron chi connectivity index (χ3n) is 5.78. The van der Waals surface area contributed by atoms with Gasteiger partial charge in [-0.1, -0.05) is 25.3 Å². The molecule has 1 aliphatic heterocycles. The van der Waals surface area contributed by atoms with Gasteiger partial charge in [0.05, 0.1) is 6.20 Å². The minimum Gasteiger partial charge on any atom is -0.382 e. The topological polar surface area (TPSA) is 117 Å². The van der Waals surface area contributed by atoms with E-state index in [2.05, 4.69) is 20.3 Å². The molecule has 1 saturated carbocycles. The van der Waals surface area contributed by atoms with Crippen molar-refractivity contribution in [2.75, 3.05) is 42.1 Å². The Kier molecular flexibility index (Phi) is 6.06. The zero-order valence-electron chi connectivity index (χ0n) is 17.0. The summed E-state index contributed by atoms with van der Waals surface area (Å²) in [6.45, 7) is 2.60. The zero-order chi connectivity index (χ0) is 20.9. The molecule has 0 atom stereocenters. The van der Waals surface area contributed by atoms with Crippen LogP contribution < -0.4 is 16.0 Å². The first-order valence-corrected chi connectivity index (χ1v) is 10.5. The summed E-state index contributed by atoms with van der Waals surface area (Å²) in [5, 5.41) is 2.68. The molecule has 0 aromatic carbocycles. The van der Waals surface area contributed by atoms with Crippen molar-refractivity contribution >= 4 is 29.3 Å². The van der Waals surface area contributed by atoms with E-state index in [9.17, 15) is 9.59 Å². The zero-order valence-corrected chi connectivity index (χ0v) is 17.0. The average molecular weight is 409 g/mol. The van der Waals surface area contributed by atoms with E-state index in [4.69, 9.17) is 5.73 Å². The second-order valence-electron chi connectivity index (χ2n) is 7.78. The van der Waals surface area contributed by atoms with E-state index in [1.807, 2.05) is 9.80 Å². The molecule has 1 saturated heterocycles. The number of nitrogens with two attached hydrogens (primary N) is 1. The lowest BCUT2D eigenvalue weighted by Crippen LogP contribution is -2.51. The molecule has 2 aliphatic rings. The van der Waals surface area contributed by atoms with Gasteiger partial charge in [-0.15, -0.1) is 0 Å². The van der Waals surface area contributed by atoms with Crippen molar-refractivity contribution in [3.8, 4) is 0 Å². The van der Waals surface area contributed by atoms with E-state index in [0.29, 0.717) is 37.8 Å². The number of carbonyl (C=O) groups excluding carboxylic acids is 2. The lowest BCUT2D eigenvalue weighted by molar-refractivity contribution is -0.136. The van der Waals surface area contributed by atoms with Crippen LogP contribution in [0.15, 0.2) is 30.6 Å². The van der Waals surface area contributed by atoms with Gasteiger partial charge in [0.1, 0.15) is 11.6 Å². The van der Waals surface area contributed by atoms with Gasteiger partial charge in [0.25, 0.3) is 5.91 Å². The molecule has 158 valence electrons. The molecule has 0 unspecified atom stereocenters. The summed E-state index contributed by atoms with van der Waals surface area (Å²) >= 11 is 0. The second-order valence-corrected chi connectivity index (χ2v) is 7.78. The summed E-state index contributed by atoms with van der Waals surface area (Å²) in [5.74, 6) is 1.09. The molecule has 3 N–H and O–H groups in total. The molecule has 1 aliphatic carbocycles. The van der Waals surface area contributed by atoms with Gasteiger partial charge in [-0.3, -0.25) is 9.59 Å². The third-order valence-corrected chi connectivity index (χ3v) is 5.78. The SMILES string of the molecule is Nc1ncc(N2CCN(C(=O)C3CCCCC3)CC2)nc1C(=O)Nc1ccccn1. The number of amides is 2. The van der Waals surface area contributed by atoms with Gasteiger partial charge in [-0.25, -0.2) is 15.0 Å². The Balaban J connectivity index is 1.39. The molecule has 2 fully saturated rings. The minimum atomic E-state index is -0.452. The largest absolute Gasteiger partial charge is 0.382 e. The standard InChI is InChI=1S/C21H27N7O2/c22-19-18(20(29)25-16-8-4-5-9-23-16)26-17(14-24-19)27-10-12-28(13-11-27)21(30)15-6-2-1-3-7-15/h4-5,8-9,14-15H,1-3,6-7,10-13H2,(H2,22,24)(H,23,25,29). The minimum absolute atomic E-state index is 0.0679. The number of piperazine rings is 1. The van der Waals surface area contributed by atoms with Crippen LogP contribution in [-0.4, -0.2) is 57.8 Å². The van der Waals surface area contributed by atoms with Gasteiger partial charge in [0.2, 0.25) is 5.91 Å². The quantitative estimate of drug-likeness (QED) is 0.792. The number of hydrogen-bond acceptors (Lipinski definition) is 7. The molecular weight excluding hydrogens is 382 g/mol. The van der Waals surface area contributed by atoms with Crippen molar-refractivity contribution in [3.05, 3.63) is 36.3 Å². The maximum atomic E-state index is 12.8. The van der Waals surface area contributed by atoms with Gasteiger partial charge in [-0.2, -0.15) is 0 Å². The Morgan fingerprint density at radius 1 is 1.03 bits per heavy atom. The average Bonchev–Trinajstić information content (AvgIpc) is 2.80. The maximum Gasteiger partial charge on any atom is 0.279 e. The second kappa shape index (κ2) is 9.06. The number of nitrogens with one attached hydrogen (secondary N) is 1. The number of hydrogen-bond donors (Lipinski definition) is 2. The highest BCUT2D eigenvalue weighted by Gasteiger charge is 2.29. The van der Waals surface area contributed by atoms with Gasteiger partial charge in [0.15, 0.2) is 11.5 Å². The van der Waals surface area contributed by atoms with Gasteiger partial charge < -0.3 is 20.9 Å². The van der Waals surface area contributed by atoms with Gasteiger partial charge in [-0.05, 0) is 25.0 Å². The van der Waals surface area contributed by atoms with Crippen molar-refractivity contribution in [1.29, 1.82) is 0 Å². The summed E-state index contributed by atoms with van der Waals surface area (Å²) < 4.78 is 0. The molecule has 0 spiro atoms. The van der Waals surface area contributed by atoms with Crippen LogP contribution in [0.4, 0.5) is 17.5 Å². The van der Waals surface area contributed by atoms with E-state index in [1.165, 1.54) is 6.42 Å². The predicted molar refractivity (Wildman–Crippen MR) is 114 cm³/mol. The molecule has 9 heteroatoms. The number of pyridine rings is 1. The number of nitrogens with zero attached hydrogens (tertiary/aromatic N) is 5. The Morgan fingerprint density at radius 2 is 1.80 bits per heavy atom. The fourth-order valence-corrected chi connectivity index (χ4v) is 4.08. The summed E-state index contributed by atoms with van der Waals surface area (Å²) in [6, 6.07) is 5.24. The van der Waals surface area contributed by atoms with E-state index in [-0.39, 0.29) is 23.3 Å². The maximum absolute atomic E-state index is 12.8. The van der Waals surface area contributed by atoms with Crippen molar-refractivity contribution in [3.63, 3.8) is 0 Å². The van der Waals surface area contributed by atoms with Crippen LogP contribution in [0, 0.1) is 5.92 Å². The van der Waals surface area contributed by atoms with E-state index in [0.717, 1.165) is 25.7 Å². The van der Waals surface area contributed by atoms with Crippen LogP contribution in [0.5, 0.6) is 0 Å². The molecule has 0 radical (unpaired) electrons. The molecule has 2 aromatic rings. The molecule has 2 aromatic heterocycles. The molecule has 0 bridgehead atoms. The highest BCUT2D eigenvalue weighted by Crippen LogP contribution is 2.26. The summed E-state index contributed by atoms with van der Waals surface area (Å²) in [4.78, 5) is 42.0. The summed E-state index contributed by atoms with van der Waals surface area (Å²) in [5.41, 5.74) is 5.96. The lowest BCUT2D eigenvalue weighted by atomic mass is 9.88. The first kappa shape index (κ1) is 20.1. The first-order chi connectivity index (χ1) is 14.6. The van der Waals surface area contributed by atoms with E-state index >= 15 is 0 Å². The van der Waals surface area contributed by atoms with Crippen LogP contribution in [0.25, 0.3) is 0 Å². The number of aromatic nitrogens is 3. The van der Waals surface area contributed by atoms with E-state index in [1.54, 1.807) is 30.6 Å². The van der Waals surface area contributed by atoms with Crippen molar-refractivity contribution in [2.45, 2.75) is 32.1 Å².